The molecule has 23 heavy (non-hydrogen) atoms. The van der Waals surface area contributed by atoms with Crippen LogP contribution in [0.1, 0.15) is 5.56 Å². The first-order chi connectivity index (χ1) is 11.2. The van der Waals surface area contributed by atoms with Crippen LogP contribution in [0.4, 0.5) is 21.8 Å². The van der Waals surface area contributed by atoms with Crippen molar-refractivity contribution in [1.29, 1.82) is 0 Å². The Hall–Kier alpha value is -2.47. The first-order valence-corrected chi connectivity index (χ1v) is 7.83. The Morgan fingerprint density at radius 2 is 1.78 bits per heavy atom. The van der Waals surface area contributed by atoms with Crippen LogP contribution in [-0.2, 0) is 6.54 Å². The quantitative estimate of drug-likeness (QED) is 0.679. The van der Waals surface area contributed by atoms with Gasteiger partial charge in [0.05, 0.1) is 0 Å². The van der Waals surface area contributed by atoms with Gasteiger partial charge in [-0.1, -0.05) is 34.1 Å². The van der Waals surface area contributed by atoms with Crippen LogP contribution < -0.4 is 10.6 Å². The smallest absolute Gasteiger partial charge is 0.224 e. The van der Waals surface area contributed by atoms with Crippen molar-refractivity contribution in [2.24, 2.45) is 0 Å². The lowest BCUT2D eigenvalue weighted by Crippen LogP contribution is -2.06. The van der Waals surface area contributed by atoms with Crippen molar-refractivity contribution in [3.8, 4) is 0 Å². The summed E-state index contributed by atoms with van der Waals surface area (Å²) in [6, 6.07) is 16.2. The lowest BCUT2D eigenvalue weighted by molar-refractivity contribution is 0.612. The maximum absolute atomic E-state index is 13.6. The maximum atomic E-state index is 13.6. The van der Waals surface area contributed by atoms with Crippen LogP contribution in [0.5, 0.6) is 0 Å². The maximum Gasteiger partial charge on any atom is 0.224 e. The molecule has 0 fully saturated rings. The summed E-state index contributed by atoms with van der Waals surface area (Å²) in [7, 11) is 0. The molecule has 0 aliphatic rings. The van der Waals surface area contributed by atoms with E-state index >= 15 is 0 Å². The van der Waals surface area contributed by atoms with Gasteiger partial charge in [-0.2, -0.15) is 4.98 Å². The van der Waals surface area contributed by atoms with Gasteiger partial charge in [-0.25, -0.2) is 9.37 Å². The fraction of sp³-hybridized carbons (Fsp3) is 0.0588. The molecule has 0 radical (unpaired) electrons. The fourth-order valence-electron chi connectivity index (χ4n) is 2.01. The lowest BCUT2D eigenvalue weighted by Gasteiger charge is -2.09. The van der Waals surface area contributed by atoms with E-state index in [1.54, 1.807) is 30.5 Å². The van der Waals surface area contributed by atoms with Gasteiger partial charge in [0.1, 0.15) is 11.6 Å². The van der Waals surface area contributed by atoms with Crippen LogP contribution in [0, 0.1) is 5.82 Å². The molecule has 1 aromatic heterocycles. The molecule has 116 valence electrons. The van der Waals surface area contributed by atoms with Gasteiger partial charge >= 0.3 is 0 Å². The van der Waals surface area contributed by atoms with Crippen molar-refractivity contribution >= 4 is 33.4 Å². The van der Waals surface area contributed by atoms with Crippen molar-refractivity contribution in [1.82, 2.24) is 9.97 Å². The molecule has 0 spiro atoms. The van der Waals surface area contributed by atoms with Crippen molar-refractivity contribution in [2.75, 3.05) is 10.6 Å². The zero-order valence-electron chi connectivity index (χ0n) is 12.1. The molecule has 0 bridgehead atoms. The summed E-state index contributed by atoms with van der Waals surface area (Å²) in [5.41, 5.74) is 1.49. The molecule has 0 saturated carbocycles. The van der Waals surface area contributed by atoms with Crippen LogP contribution in [0.25, 0.3) is 0 Å². The standard InChI is InChI=1S/C17H14BrFN4/c18-13-5-7-14(8-6-13)22-16-9-10-20-17(23-16)21-11-12-3-1-2-4-15(12)19/h1-10H,11H2,(H2,20,21,22,23). The molecule has 6 heteroatoms. The highest BCUT2D eigenvalue weighted by Gasteiger charge is 2.03. The first kappa shape index (κ1) is 15.4. The van der Waals surface area contributed by atoms with Gasteiger partial charge in [0.15, 0.2) is 0 Å². The van der Waals surface area contributed by atoms with Crippen LogP contribution in [0.3, 0.4) is 0 Å². The van der Waals surface area contributed by atoms with E-state index in [0.29, 0.717) is 23.9 Å². The highest BCUT2D eigenvalue weighted by Crippen LogP contribution is 2.18. The molecular weight excluding hydrogens is 359 g/mol. The van der Waals surface area contributed by atoms with Gasteiger partial charge in [-0.15, -0.1) is 0 Å². The Kier molecular flexibility index (Phi) is 4.83. The number of nitrogens with one attached hydrogen (secondary N) is 2. The van der Waals surface area contributed by atoms with E-state index in [-0.39, 0.29) is 5.82 Å². The number of nitrogens with zero attached hydrogens (tertiary/aromatic N) is 2. The van der Waals surface area contributed by atoms with Gasteiger partial charge in [0, 0.05) is 28.5 Å². The van der Waals surface area contributed by atoms with Crippen molar-refractivity contribution in [3.63, 3.8) is 0 Å². The Labute approximate surface area is 141 Å². The molecule has 2 aromatic carbocycles. The van der Waals surface area contributed by atoms with E-state index in [1.165, 1.54) is 6.07 Å². The second-order valence-electron chi connectivity index (χ2n) is 4.84. The monoisotopic (exact) mass is 372 g/mol. The fourth-order valence-corrected chi connectivity index (χ4v) is 2.27. The Balaban J connectivity index is 1.67. The SMILES string of the molecule is Fc1ccccc1CNc1nccc(Nc2ccc(Br)cc2)n1. The molecule has 3 aromatic rings. The van der Waals surface area contributed by atoms with E-state index < -0.39 is 0 Å². The van der Waals surface area contributed by atoms with Gasteiger partial charge in [-0.3, -0.25) is 0 Å². The molecule has 0 unspecified atom stereocenters. The highest BCUT2D eigenvalue weighted by molar-refractivity contribution is 9.10. The van der Waals surface area contributed by atoms with Gasteiger partial charge in [0.2, 0.25) is 5.95 Å². The van der Waals surface area contributed by atoms with Crippen molar-refractivity contribution in [2.45, 2.75) is 6.54 Å². The minimum absolute atomic E-state index is 0.246. The number of hydrogen-bond acceptors (Lipinski definition) is 4. The zero-order chi connectivity index (χ0) is 16.1. The minimum Gasteiger partial charge on any atom is -0.350 e. The van der Waals surface area contributed by atoms with E-state index in [2.05, 4.69) is 36.5 Å². The van der Waals surface area contributed by atoms with Gasteiger partial charge in [-0.05, 0) is 36.4 Å². The number of hydrogen-bond donors (Lipinski definition) is 2. The largest absolute Gasteiger partial charge is 0.350 e. The summed E-state index contributed by atoms with van der Waals surface area (Å²) in [5.74, 6) is 0.859. The highest BCUT2D eigenvalue weighted by atomic mass is 79.9. The summed E-state index contributed by atoms with van der Waals surface area (Å²) >= 11 is 3.40. The summed E-state index contributed by atoms with van der Waals surface area (Å²) in [4.78, 5) is 8.52. The normalized spacial score (nSPS) is 10.3. The number of halogens is 2. The summed E-state index contributed by atoms with van der Waals surface area (Å²) < 4.78 is 14.6. The van der Waals surface area contributed by atoms with Crippen LogP contribution >= 0.6 is 15.9 Å². The molecule has 0 amide bonds. The Morgan fingerprint density at radius 3 is 2.57 bits per heavy atom. The molecule has 1 heterocycles. The number of rotatable bonds is 5. The Bertz CT molecular complexity index is 793. The third kappa shape index (κ3) is 4.26. The average molecular weight is 373 g/mol. The predicted octanol–water partition coefficient (Wildman–Crippen LogP) is 4.73. The predicted molar refractivity (Wildman–Crippen MR) is 93.2 cm³/mol. The Morgan fingerprint density at radius 1 is 1.00 bits per heavy atom. The molecule has 0 atom stereocenters. The van der Waals surface area contributed by atoms with Crippen LogP contribution in [-0.4, -0.2) is 9.97 Å². The van der Waals surface area contributed by atoms with Gasteiger partial charge < -0.3 is 10.6 Å². The summed E-state index contributed by atoms with van der Waals surface area (Å²) in [6.45, 7) is 0.328. The second kappa shape index (κ2) is 7.19. The second-order valence-corrected chi connectivity index (χ2v) is 5.76. The number of anilines is 3. The number of aromatic nitrogens is 2. The molecule has 0 aliphatic carbocycles. The topological polar surface area (TPSA) is 49.8 Å². The van der Waals surface area contributed by atoms with E-state index in [0.717, 1.165) is 10.2 Å². The van der Waals surface area contributed by atoms with Crippen molar-refractivity contribution < 1.29 is 4.39 Å². The van der Waals surface area contributed by atoms with Crippen molar-refractivity contribution in [3.05, 3.63) is 76.6 Å². The zero-order valence-corrected chi connectivity index (χ0v) is 13.7. The summed E-state index contributed by atoms with van der Waals surface area (Å²) in [5, 5.41) is 6.22. The summed E-state index contributed by atoms with van der Waals surface area (Å²) in [6.07, 6.45) is 1.65. The van der Waals surface area contributed by atoms with Crippen LogP contribution in [0.15, 0.2) is 65.3 Å². The van der Waals surface area contributed by atoms with Crippen LogP contribution in [0.2, 0.25) is 0 Å². The van der Waals surface area contributed by atoms with E-state index in [1.807, 2.05) is 24.3 Å². The van der Waals surface area contributed by atoms with E-state index in [9.17, 15) is 4.39 Å². The number of benzene rings is 2. The average Bonchev–Trinajstić information content (AvgIpc) is 2.57. The molecule has 4 nitrogen and oxygen atoms in total. The molecule has 2 N–H and O–H groups in total. The molecular formula is C17H14BrFN4. The minimum atomic E-state index is -0.246. The first-order valence-electron chi connectivity index (χ1n) is 7.03. The molecule has 3 rings (SSSR count). The molecule has 0 aliphatic heterocycles. The van der Waals surface area contributed by atoms with E-state index in [4.69, 9.17) is 0 Å². The molecule has 0 saturated heterocycles. The third-order valence-electron chi connectivity index (χ3n) is 3.17. The van der Waals surface area contributed by atoms with Gasteiger partial charge in [0.25, 0.3) is 0 Å². The lowest BCUT2D eigenvalue weighted by atomic mass is 10.2. The third-order valence-corrected chi connectivity index (χ3v) is 3.70.